The van der Waals surface area contributed by atoms with Crippen molar-refractivity contribution in [2.75, 3.05) is 13.1 Å². The third kappa shape index (κ3) is 2.55. The first-order valence-corrected chi connectivity index (χ1v) is 5.20. The second-order valence-electron chi connectivity index (χ2n) is 3.48. The molecule has 0 fully saturated rings. The van der Waals surface area contributed by atoms with Gasteiger partial charge in [0.1, 0.15) is 11.7 Å². The highest BCUT2D eigenvalue weighted by molar-refractivity contribution is 5.97. The molecule has 0 radical (unpaired) electrons. The minimum atomic E-state index is -0.247. The molecule has 0 atom stereocenters. The highest BCUT2D eigenvalue weighted by Gasteiger charge is 2.10. The van der Waals surface area contributed by atoms with Crippen LogP contribution in [0.3, 0.4) is 0 Å². The zero-order valence-electron chi connectivity index (χ0n) is 9.47. The van der Waals surface area contributed by atoms with Gasteiger partial charge in [-0.2, -0.15) is 0 Å². The van der Waals surface area contributed by atoms with Crippen LogP contribution in [0.1, 0.15) is 25.0 Å². The molecule has 2 nitrogen and oxygen atoms in total. The van der Waals surface area contributed by atoms with E-state index in [0.717, 1.165) is 24.2 Å². The maximum Gasteiger partial charge on any atom is 0.128 e. The van der Waals surface area contributed by atoms with Crippen LogP contribution < -0.4 is 0 Å². The summed E-state index contributed by atoms with van der Waals surface area (Å²) in [7, 11) is 0. The third-order valence-electron chi connectivity index (χ3n) is 2.52. The molecule has 0 aliphatic carbocycles. The van der Waals surface area contributed by atoms with Crippen molar-refractivity contribution in [2.24, 2.45) is 0 Å². The van der Waals surface area contributed by atoms with Gasteiger partial charge in [-0.25, -0.2) is 4.39 Å². The molecule has 15 heavy (non-hydrogen) atoms. The molecule has 0 aliphatic heterocycles. The van der Waals surface area contributed by atoms with Crippen molar-refractivity contribution in [1.82, 2.24) is 4.90 Å². The molecule has 0 aromatic heterocycles. The van der Waals surface area contributed by atoms with E-state index >= 15 is 0 Å². The summed E-state index contributed by atoms with van der Waals surface area (Å²) in [6.45, 7) is 7.45. The molecule has 0 spiro atoms. The number of hydrogen-bond donors (Lipinski definition) is 1. The van der Waals surface area contributed by atoms with Crippen LogP contribution in [-0.4, -0.2) is 23.8 Å². The summed E-state index contributed by atoms with van der Waals surface area (Å²) in [6, 6.07) is 4.54. The molecule has 0 amide bonds. The third-order valence-corrected chi connectivity index (χ3v) is 2.52. The Bertz CT molecular complexity index is 357. The fourth-order valence-corrected chi connectivity index (χ4v) is 1.60. The van der Waals surface area contributed by atoms with E-state index in [4.69, 9.17) is 5.41 Å². The largest absolute Gasteiger partial charge is 0.357 e. The summed E-state index contributed by atoms with van der Waals surface area (Å²) in [5, 5.41) is 8.00. The summed E-state index contributed by atoms with van der Waals surface area (Å²) >= 11 is 0. The second-order valence-corrected chi connectivity index (χ2v) is 3.48. The molecule has 0 unspecified atom stereocenters. The van der Waals surface area contributed by atoms with Gasteiger partial charge in [0.05, 0.1) is 0 Å². The van der Waals surface area contributed by atoms with Crippen LogP contribution >= 0.6 is 0 Å². The van der Waals surface area contributed by atoms with E-state index in [1.54, 1.807) is 6.07 Å². The number of halogens is 1. The summed E-state index contributed by atoms with van der Waals surface area (Å²) in [5.74, 6) is 0.223. The molecule has 0 aliphatic rings. The van der Waals surface area contributed by atoms with Gasteiger partial charge in [0.25, 0.3) is 0 Å². The van der Waals surface area contributed by atoms with Crippen LogP contribution in [0.2, 0.25) is 0 Å². The van der Waals surface area contributed by atoms with E-state index in [0.29, 0.717) is 5.84 Å². The van der Waals surface area contributed by atoms with E-state index in [9.17, 15) is 4.39 Å². The van der Waals surface area contributed by atoms with Crippen LogP contribution in [-0.2, 0) is 0 Å². The topological polar surface area (TPSA) is 27.1 Å². The van der Waals surface area contributed by atoms with Crippen LogP contribution in [0.5, 0.6) is 0 Å². The first-order chi connectivity index (χ1) is 7.10. The maximum absolute atomic E-state index is 12.9. The first-order valence-electron chi connectivity index (χ1n) is 5.20. The predicted octanol–water partition coefficient (Wildman–Crippen LogP) is 2.80. The van der Waals surface area contributed by atoms with Gasteiger partial charge in [-0.1, -0.05) is 0 Å². The summed E-state index contributed by atoms with van der Waals surface area (Å²) in [4.78, 5) is 1.94. The smallest absolute Gasteiger partial charge is 0.128 e. The molecular formula is C12H17FN2. The normalized spacial score (nSPS) is 10.1. The van der Waals surface area contributed by atoms with Crippen molar-refractivity contribution in [3.05, 3.63) is 35.1 Å². The van der Waals surface area contributed by atoms with Crippen LogP contribution in [0, 0.1) is 18.2 Å². The Hall–Kier alpha value is -1.38. The van der Waals surface area contributed by atoms with E-state index in [2.05, 4.69) is 0 Å². The molecule has 0 saturated carbocycles. The molecule has 1 N–H and O–H groups in total. The zero-order chi connectivity index (χ0) is 11.4. The van der Waals surface area contributed by atoms with Gasteiger partial charge in [-0.3, -0.25) is 5.41 Å². The number of aryl methyl sites for hydroxylation is 1. The molecule has 0 heterocycles. The molecule has 3 heteroatoms. The lowest BCUT2D eigenvalue weighted by molar-refractivity contribution is 0.463. The number of rotatable bonds is 3. The number of amidine groups is 1. The molecular weight excluding hydrogens is 191 g/mol. The van der Waals surface area contributed by atoms with Crippen LogP contribution in [0.4, 0.5) is 4.39 Å². The van der Waals surface area contributed by atoms with Crippen molar-refractivity contribution in [1.29, 1.82) is 5.41 Å². The Labute approximate surface area is 90.2 Å². The van der Waals surface area contributed by atoms with E-state index in [-0.39, 0.29) is 5.82 Å². The summed E-state index contributed by atoms with van der Waals surface area (Å²) < 4.78 is 12.9. The van der Waals surface area contributed by atoms with Crippen molar-refractivity contribution in [2.45, 2.75) is 20.8 Å². The Morgan fingerprint density at radius 1 is 1.33 bits per heavy atom. The van der Waals surface area contributed by atoms with Gasteiger partial charge in [0.15, 0.2) is 0 Å². The van der Waals surface area contributed by atoms with Gasteiger partial charge in [0, 0.05) is 18.7 Å². The minimum absolute atomic E-state index is 0.247. The SMILES string of the molecule is CCN(CC)C(=N)c1ccc(F)cc1C. The lowest BCUT2D eigenvalue weighted by Crippen LogP contribution is -2.31. The maximum atomic E-state index is 12.9. The Morgan fingerprint density at radius 2 is 1.93 bits per heavy atom. The van der Waals surface area contributed by atoms with Crippen molar-refractivity contribution in [3.8, 4) is 0 Å². The molecule has 1 aromatic carbocycles. The number of benzene rings is 1. The molecule has 1 rings (SSSR count). The standard InChI is InChI=1S/C12H17FN2/c1-4-15(5-2)12(14)11-7-6-10(13)8-9(11)3/h6-8,14H,4-5H2,1-3H3. The van der Waals surface area contributed by atoms with Gasteiger partial charge in [-0.05, 0) is 44.5 Å². The van der Waals surface area contributed by atoms with E-state index in [1.165, 1.54) is 12.1 Å². The number of hydrogen-bond acceptors (Lipinski definition) is 1. The average Bonchev–Trinajstić information content (AvgIpc) is 2.19. The molecule has 82 valence electrons. The summed E-state index contributed by atoms with van der Waals surface area (Å²) in [5.41, 5.74) is 1.62. The molecule has 0 bridgehead atoms. The second kappa shape index (κ2) is 4.91. The van der Waals surface area contributed by atoms with E-state index < -0.39 is 0 Å². The predicted molar refractivity (Wildman–Crippen MR) is 60.9 cm³/mol. The quantitative estimate of drug-likeness (QED) is 0.600. The van der Waals surface area contributed by atoms with Gasteiger partial charge in [-0.15, -0.1) is 0 Å². The van der Waals surface area contributed by atoms with Crippen molar-refractivity contribution in [3.63, 3.8) is 0 Å². The highest BCUT2D eigenvalue weighted by Crippen LogP contribution is 2.12. The van der Waals surface area contributed by atoms with Crippen molar-refractivity contribution < 1.29 is 4.39 Å². The summed E-state index contributed by atoms with van der Waals surface area (Å²) in [6.07, 6.45) is 0. The van der Waals surface area contributed by atoms with Crippen molar-refractivity contribution >= 4 is 5.84 Å². The number of nitrogens with one attached hydrogen (secondary N) is 1. The van der Waals surface area contributed by atoms with Gasteiger partial charge < -0.3 is 4.90 Å². The highest BCUT2D eigenvalue weighted by atomic mass is 19.1. The fourth-order valence-electron chi connectivity index (χ4n) is 1.60. The minimum Gasteiger partial charge on any atom is -0.357 e. The fraction of sp³-hybridized carbons (Fsp3) is 0.417. The van der Waals surface area contributed by atoms with Crippen LogP contribution in [0.15, 0.2) is 18.2 Å². The van der Waals surface area contributed by atoms with Gasteiger partial charge >= 0.3 is 0 Å². The molecule has 1 aromatic rings. The lowest BCUT2D eigenvalue weighted by Gasteiger charge is -2.22. The molecule has 0 saturated heterocycles. The Morgan fingerprint density at radius 3 is 2.40 bits per heavy atom. The Kier molecular flexibility index (Phi) is 3.83. The van der Waals surface area contributed by atoms with Gasteiger partial charge in [0.2, 0.25) is 0 Å². The number of nitrogens with zero attached hydrogens (tertiary/aromatic N) is 1. The Balaban J connectivity index is 3.00. The van der Waals surface area contributed by atoms with E-state index in [1.807, 2.05) is 25.7 Å². The lowest BCUT2D eigenvalue weighted by atomic mass is 10.1. The average molecular weight is 208 g/mol. The van der Waals surface area contributed by atoms with Crippen LogP contribution in [0.25, 0.3) is 0 Å². The zero-order valence-corrected chi connectivity index (χ0v) is 9.47. The monoisotopic (exact) mass is 208 g/mol. The first kappa shape index (κ1) is 11.7.